The lowest BCUT2D eigenvalue weighted by molar-refractivity contribution is 0.426. The molecule has 4 heteroatoms. The van der Waals surface area contributed by atoms with E-state index >= 15 is 0 Å². The van der Waals surface area contributed by atoms with Gasteiger partial charge in [0.25, 0.3) is 0 Å². The Balaban J connectivity index is 1.97. The second-order valence-corrected chi connectivity index (χ2v) is 5.54. The second-order valence-electron chi connectivity index (χ2n) is 4.62. The minimum absolute atomic E-state index is 0.514. The molecule has 0 bridgehead atoms. The first-order valence-electron chi connectivity index (χ1n) is 6.76. The molecule has 0 spiro atoms. The minimum Gasteiger partial charge on any atom is -0.379 e. The van der Waals surface area contributed by atoms with Crippen LogP contribution in [0.1, 0.15) is 38.4 Å². The van der Waals surface area contributed by atoms with Gasteiger partial charge in [-0.15, -0.1) is 0 Å². The summed E-state index contributed by atoms with van der Waals surface area (Å²) in [7, 11) is 0. The minimum atomic E-state index is 0.514. The van der Waals surface area contributed by atoms with Gasteiger partial charge in [-0.25, -0.2) is 0 Å². The van der Waals surface area contributed by atoms with Gasteiger partial charge in [-0.05, 0) is 37.1 Å². The van der Waals surface area contributed by atoms with Gasteiger partial charge in [0.05, 0.1) is 18.3 Å². The summed E-state index contributed by atoms with van der Waals surface area (Å²) in [6.07, 6.45) is 4.32. The summed E-state index contributed by atoms with van der Waals surface area (Å²) >= 11 is 3.47. The van der Waals surface area contributed by atoms with Crippen molar-refractivity contribution in [2.24, 2.45) is 0 Å². The summed E-state index contributed by atoms with van der Waals surface area (Å²) in [5, 5.41) is 8.02. The molecule has 3 nitrogen and oxygen atoms in total. The Labute approximate surface area is 123 Å². The highest BCUT2D eigenvalue weighted by molar-refractivity contribution is 9.10. The topological polar surface area (TPSA) is 29.9 Å². The monoisotopic (exact) mass is 321 g/mol. The summed E-state index contributed by atoms with van der Waals surface area (Å²) in [6.45, 7) is 5.16. The third-order valence-electron chi connectivity index (χ3n) is 3.28. The highest BCUT2D eigenvalue weighted by Crippen LogP contribution is 2.17. The average molecular weight is 322 g/mol. The van der Waals surface area contributed by atoms with Gasteiger partial charge >= 0.3 is 0 Å². The molecule has 19 heavy (non-hydrogen) atoms. The number of hydrogen-bond acceptors (Lipinski definition) is 2. The normalized spacial score (nSPS) is 10.9. The van der Waals surface area contributed by atoms with E-state index in [1.807, 2.05) is 12.1 Å². The van der Waals surface area contributed by atoms with Crippen molar-refractivity contribution < 1.29 is 0 Å². The number of anilines is 1. The van der Waals surface area contributed by atoms with Gasteiger partial charge in [-0.1, -0.05) is 35.8 Å². The van der Waals surface area contributed by atoms with Crippen molar-refractivity contribution in [3.8, 4) is 0 Å². The molecule has 102 valence electrons. The van der Waals surface area contributed by atoms with Gasteiger partial charge in [0.15, 0.2) is 0 Å². The molecule has 0 aliphatic heterocycles. The van der Waals surface area contributed by atoms with Crippen molar-refractivity contribution in [2.45, 2.75) is 39.3 Å². The van der Waals surface area contributed by atoms with Crippen molar-refractivity contribution in [2.75, 3.05) is 5.32 Å². The Bertz CT molecular complexity index is 518. The van der Waals surface area contributed by atoms with Gasteiger partial charge < -0.3 is 5.32 Å². The van der Waals surface area contributed by atoms with Crippen LogP contribution < -0.4 is 5.32 Å². The Kier molecular flexibility index (Phi) is 5.02. The Hall–Kier alpha value is -1.29. The zero-order valence-corrected chi connectivity index (χ0v) is 13.0. The fourth-order valence-corrected chi connectivity index (χ4v) is 2.53. The van der Waals surface area contributed by atoms with E-state index in [1.165, 1.54) is 0 Å². The van der Waals surface area contributed by atoms with Gasteiger partial charge in [0, 0.05) is 16.4 Å². The Morgan fingerprint density at radius 1 is 1.26 bits per heavy atom. The third-order valence-corrected chi connectivity index (χ3v) is 3.77. The van der Waals surface area contributed by atoms with Crippen molar-refractivity contribution in [3.63, 3.8) is 0 Å². The van der Waals surface area contributed by atoms with Gasteiger partial charge in [0.2, 0.25) is 0 Å². The molecule has 0 aliphatic carbocycles. The van der Waals surface area contributed by atoms with Crippen LogP contribution >= 0.6 is 15.9 Å². The molecule has 0 amide bonds. The third kappa shape index (κ3) is 3.83. The molecule has 0 saturated heterocycles. The van der Waals surface area contributed by atoms with Gasteiger partial charge in [0.1, 0.15) is 0 Å². The number of benzene rings is 1. The van der Waals surface area contributed by atoms with Crippen LogP contribution in [0.3, 0.4) is 0 Å². The molecule has 1 aromatic heterocycles. The van der Waals surface area contributed by atoms with E-state index in [0.717, 1.165) is 35.2 Å². The number of nitrogens with zero attached hydrogens (tertiary/aromatic N) is 2. The maximum absolute atomic E-state index is 4.63. The van der Waals surface area contributed by atoms with Gasteiger partial charge in [-0.3, -0.25) is 4.68 Å². The molecular weight excluding hydrogens is 302 g/mol. The van der Waals surface area contributed by atoms with Crippen LogP contribution in [0.2, 0.25) is 0 Å². The molecule has 0 unspecified atom stereocenters. The zero-order valence-electron chi connectivity index (χ0n) is 11.4. The van der Waals surface area contributed by atoms with Crippen LogP contribution in [0.25, 0.3) is 0 Å². The van der Waals surface area contributed by atoms with Crippen LogP contribution in [0.5, 0.6) is 0 Å². The average Bonchev–Trinajstić information content (AvgIpc) is 2.87. The van der Waals surface area contributed by atoms with Crippen LogP contribution in [0.15, 0.2) is 41.0 Å². The fourth-order valence-electron chi connectivity index (χ4n) is 2.13. The molecule has 0 radical (unpaired) electrons. The molecule has 1 N–H and O–H groups in total. The van der Waals surface area contributed by atoms with E-state index in [9.17, 15) is 0 Å². The quantitative estimate of drug-likeness (QED) is 0.841. The van der Waals surface area contributed by atoms with Crippen molar-refractivity contribution in [3.05, 3.63) is 46.7 Å². The van der Waals surface area contributed by atoms with Crippen LogP contribution in [0.4, 0.5) is 5.69 Å². The highest BCUT2D eigenvalue weighted by atomic mass is 79.9. The SMILES string of the molecule is CCC(CC)n1ccc(CNc2cccc(Br)c2)n1. The van der Waals surface area contributed by atoms with Crippen molar-refractivity contribution >= 4 is 21.6 Å². The van der Waals surface area contributed by atoms with E-state index < -0.39 is 0 Å². The second kappa shape index (κ2) is 6.75. The first kappa shape index (κ1) is 14.1. The molecule has 2 rings (SSSR count). The molecule has 1 heterocycles. The van der Waals surface area contributed by atoms with E-state index in [-0.39, 0.29) is 0 Å². The van der Waals surface area contributed by atoms with E-state index in [4.69, 9.17) is 0 Å². The summed E-state index contributed by atoms with van der Waals surface area (Å²) in [5.41, 5.74) is 2.18. The number of rotatable bonds is 6. The zero-order chi connectivity index (χ0) is 13.7. The first-order chi connectivity index (χ1) is 9.22. The number of aromatic nitrogens is 2. The predicted octanol–water partition coefficient (Wildman–Crippen LogP) is 4.62. The maximum Gasteiger partial charge on any atom is 0.0815 e. The molecular formula is C15H20BrN3. The maximum atomic E-state index is 4.63. The smallest absolute Gasteiger partial charge is 0.0815 e. The van der Waals surface area contributed by atoms with E-state index in [1.54, 1.807) is 0 Å². The van der Waals surface area contributed by atoms with Crippen LogP contribution in [0, 0.1) is 0 Å². The standard InChI is InChI=1S/C15H20BrN3/c1-3-15(4-2)19-9-8-14(18-19)11-17-13-7-5-6-12(16)10-13/h5-10,15,17H,3-4,11H2,1-2H3. The lowest BCUT2D eigenvalue weighted by Gasteiger charge is -2.12. The molecule has 1 aromatic carbocycles. The lowest BCUT2D eigenvalue weighted by Crippen LogP contribution is -2.08. The van der Waals surface area contributed by atoms with Crippen LogP contribution in [-0.4, -0.2) is 9.78 Å². The van der Waals surface area contributed by atoms with Crippen LogP contribution in [-0.2, 0) is 6.54 Å². The summed E-state index contributed by atoms with van der Waals surface area (Å²) in [4.78, 5) is 0. The fraction of sp³-hybridized carbons (Fsp3) is 0.400. The van der Waals surface area contributed by atoms with Gasteiger partial charge in [-0.2, -0.15) is 5.10 Å². The summed E-state index contributed by atoms with van der Waals surface area (Å²) in [5.74, 6) is 0. The number of hydrogen-bond donors (Lipinski definition) is 1. The molecule has 0 aliphatic rings. The van der Waals surface area contributed by atoms with E-state index in [0.29, 0.717) is 6.04 Å². The molecule has 0 atom stereocenters. The van der Waals surface area contributed by atoms with Crippen molar-refractivity contribution in [1.29, 1.82) is 0 Å². The highest BCUT2D eigenvalue weighted by Gasteiger charge is 2.07. The summed E-state index contributed by atoms with van der Waals surface area (Å²) in [6, 6.07) is 10.8. The first-order valence-corrected chi connectivity index (χ1v) is 7.55. The lowest BCUT2D eigenvalue weighted by atomic mass is 10.2. The Morgan fingerprint density at radius 2 is 2.05 bits per heavy atom. The predicted molar refractivity (Wildman–Crippen MR) is 83.3 cm³/mol. The van der Waals surface area contributed by atoms with E-state index in [2.05, 4.69) is 69.3 Å². The number of nitrogens with one attached hydrogen (secondary N) is 1. The Morgan fingerprint density at radius 3 is 2.74 bits per heavy atom. The number of halogens is 1. The molecule has 0 fully saturated rings. The summed E-state index contributed by atoms with van der Waals surface area (Å²) < 4.78 is 3.16. The molecule has 2 aromatic rings. The molecule has 0 saturated carbocycles. The largest absolute Gasteiger partial charge is 0.379 e. The van der Waals surface area contributed by atoms with Crippen molar-refractivity contribution in [1.82, 2.24) is 9.78 Å².